The van der Waals surface area contributed by atoms with E-state index >= 15 is 0 Å². The number of aromatic nitrogens is 1. The molecule has 1 amide bonds. The molecule has 11 heteroatoms. The van der Waals surface area contributed by atoms with E-state index in [1.165, 1.54) is 21.3 Å². The van der Waals surface area contributed by atoms with Crippen LogP contribution in [0, 0.1) is 0 Å². The molecule has 1 aliphatic heterocycles. The molecule has 0 radical (unpaired) electrons. The van der Waals surface area contributed by atoms with Gasteiger partial charge < -0.3 is 9.64 Å². The third-order valence-electron chi connectivity index (χ3n) is 3.36. The number of amides is 1. The second-order valence-corrected chi connectivity index (χ2v) is 7.23. The van der Waals surface area contributed by atoms with Crippen molar-refractivity contribution in [2.24, 2.45) is 0 Å². The maximum atomic E-state index is 12.3. The molecule has 1 aromatic rings. The van der Waals surface area contributed by atoms with Gasteiger partial charge in [0, 0.05) is 38.4 Å². The monoisotopic (exact) mass is 367 g/mol. The van der Waals surface area contributed by atoms with E-state index in [0.29, 0.717) is 0 Å². The molecular weight excluding hydrogens is 351 g/mol. The van der Waals surface area contributed by atoms with Crippen LogP contribution in [0.2, 0.25) is 0 Å². The van der Waals surface area contributed by atoms with E-state index in [4.69, 9.17) is 0 Å². The normalized spacial score (nSPS) is 16.9. The zero-order valence-electron chi connectivity index (χ0n) is 12.8. The molecule has 7 nitrogen and oxygen atoms in total. The summed E-state index contributed by atoms with van der Waals surface area (Å²) >= 11 is 0. The van der Waals surface area contributed by atoms with Crippen molar-refractivity contribution in [3.05, 3.63) is 23.9 Å². The van der Waals surface area contributed by atoms with Gasteiger partial charge in [-0.25, -0.2) is 13.4 Å². The minimum atomic E-state index is -4.46. The number of nitrogens with zero attached hydrogens (tertiary/aromatic N) is 3. The molecule has 0 aromatic carbocycles. The van der Waals surface area contributed by atoms with E-state index < -0.39 is 22.8 Å². The lowest BCUT2D eigenvalue weighted by molar-refractivity contribution is -0.154. The zero-order chi connectivity index (χ0) is 18.0. The maximum Gasteiger partial charge on any atom is 0.422 e. The SMILES string of the molecule is CS(=O)(=O)N1CCN(C(=O)c2ccc(OCC(F)(F)F)nc2)CC1. The number of carbonyl (C=O) groups excluding carboxylic acids is 1. The van der Waals surface area contributed by atoms with Gasteiger partial charge in [0.2, 0.25) is 15.9 Å². The number of alkyl halides is 3. The van der Waals surface area contributed by atoms with E-state index in [9.17, 15) is 26.4 Å². The lowest BCUT2D eigenvalue weighted by Gasteiger charge is -2.33. The number of hydrogen-bond acceptors (Lipinski definition) is 5. The van der Waals surface area contributed by atoms with E-state index in [1.54, 1.807) is 0 Å². The molecule has 2 heterocycles. The highest BCUT2D eigenvalue weighted by molar-refractivity contribution is 7.88. The van der Waals surface area contributed by atoms with Gasteiger partial charge in [0.25, 0.3) is 5.91 Å². The van der Waals surface area contributed by atoms with Crippen LogP contribution in [0.1, 0.15) is 10.4 Å². The van der Waals surface area contributed by atoms with Gasteiger partial charge in [-0.3, -0.25) is 4.79 Å². The molecule has 1 aromatic heterocycles. The smallest absolute Gasteiger partial charge is 0.422 e. The second kappa shape index (κ2) is 6.93. The minimum absolute atomic E-state index is 0.196. The molecular formula is C13H16F3N3O4S. The first kappa shape index (κ1) is 18.5. The highest BCUT2D eigenvalue weighted by atomic mass is 32.2. The summed E-state index contributed by atoms with van der Waals surface area (Å²) in [5, 5.41) is 0. The number of sulfonamides is 1. The Morgan fingerprint density at radius 3 is 2.33 bits per heavy atom. The Labute approximate surface area is 137 Å². The summed E-state index contributed by atoms with van der Waals surface area (Å²) in [4.78, 5) is 17.4. The first-order valence-corrected chi connectivity index (χ1v) is 8.81. The molecule has 24 heavy (non-hydrogen) atoms. The van der Waals surface area contributed by atoms with Gasteiger partial charge in [-0.1, -0.05) is 0 Å². The second-order valence-electron chi connectivity index (χ2n) is 5.24. The van der Waals surface area contributed by atoms with Crippen LogP contribution < -0.4 is 4.74 Å². The van der Waals surface area contributed by atoms with Crippen LogP contribution in [-0.2, 0) is 10.0 Å². The van der Waals surface area contributed by atoms with Gasteiger partial charge >= 0.3 is 6.18 Å². The molecule has 0 N–H and O–H groups in total. The summed E-state index contributed by atoms with van der Waals surface area (Å²) in [6.07, 6.45) is -2.22. The van der Waals surface area contributed by atoms with E-state index in [2.05, 4.69) is 9.72 Å². The molecule has 1 aliphatic rings. The molecule has 134 valence electrons. The first-order chi connectivity index (χ1) is 11.1. The fourth-order valence-electron chi connectivity index (χ4n) is 2.15. The van der Waals surface area contributed by atoms with Crippen LogP contribution in [0.4, 0.5) is 13.2 Å². The number of hydrogen-bond donors (Lipinski definition) is 0. The van der Waals surface area contributed by atoms with Crippen LogP contribution in [0.25, 0.3) is 0 Å². The number of halogens is 3. The topological polar surface area (TPSA) is 79.8 Å². The fraction of sp³-hybridized carbons (Fsp3) is 0.538. The van der Waals surface area contributed by atoms with E-state index in [0.717, 1.165) is 12.5 Å². The molecule has 0 aliphatic carbocycles. The lowest BCUT2D eigenvalue weighted by Crippen LogP contribution is -2.50. The summed E-state index contributed by atoms with van der Waals surface area (Å²) in [5.41, 5.74) is 0.196. The predicted molar refractivity (Wildman–Crippen MR) is 78.1 cm³/mol. The van der Waals surface area contributed by atoms with Crippen molar-refractivity contribution in [1.82, 2.24) is 14.2 Å². The van der Waals surface area contributed by atoms with Gasteiger partial charge in [-0.05, 0) is 6.07 Å². The number of pyridine rings is 1. The summed E-state index contributed by atoms with van der Waals surface area (Å²) in [6, 6.07) is 2.51. The third kappa shape index (κ3) is 5.06. The van der Waals surface area contributed by atoms with Crippen LogP contribution >= 0.6 is 0 Å². The summed E-state index contributed by atoms with van der Waals surface area (Å²) in [7, 11) is -3.29. The molecule has 1 saturated heterocycles. The lowest BCUT2D eigenvalue weighted by atomic mass is 10.2. The number of rotatable bonds is 4. The van der Waals surface area contributed by atoms with Crippen molar-refractivity contribution in [2.75, 3.05) is 39.0 Å². The van der Waals surface area contributed by atoms with Gasteiger partial charge in [0.1, 0.15) is 0 Å². The van der Waals surface area contributed by atoms with Crippen molar-refractivity contribution in [3.8, 4) is 5.88 Å². The summed E-state index contributed by atoms with van der Waals surface area (Å²) < 4.78 is 64.7. The molecule has 1 fully saturated rings. The standard InChI is InChI=1S/C13H16F3N3O4S/c1-24(21,22)19-6-4-18(5-7-19)12(20)10-2-3-11(17-8-10)23-9-13(14,15)16/h2-3,8H,4-7,9H2,1H3. The largest absolute Gasteiger partial charge is 0.468 e. The van der Waals surface area contributed by atoms with Gasteiger partial charge in [0.15, 0.2) is 6.61 Å². The van der Waals surface area contributed by atoms with Crippen LogP contribution in [0.15, 0.2) is 18.3 Å². The molecule has 0 spiro atoms. The van der Waals surface area contributed by atoms with E-state index in [-0.39, 0.29) is 43.5 Å². The van der Waals surface area contributed by atoms with E-state index in [1.807, 2.05) is 0 Å². The minimum Gasteiger partial charge on any atom is -0.468 e. The average molecular weight is 367 g/mol. The number of ether oxygens (including phenoxy) is 1. The van der Waals surface area contributed by atoms with Gasteiger partial charge in [0.05, 0.1) is 11.8 Å². The van der Waals surface area contributed by atoms with Crippen LogP contribution in [0.3, 0.4) is 0 Å². The van der Waals surface area contributed by atoms with Crippen LogP contribution in [0.5, 0.6) is 5.88 Å². The maximum absolute atomic E-state index is 12.3. The third-order valence-corrected chi connectivity index (χ3v) is 4.67. The Morgan fingerprint density at radius 2 is 1.88 bits per heavy atom. The highest BCUT2D eigenvalue weighted by Crippen LogP contribution is 2.17. The zero-order valence-corrected chi connectivity index (χ0v) is 13.6. The Hall–Kier alpha value is -1.88. The number of carbonyl (C=O) groups is 1. The molecule has 2 rings (SSSR count). The van der Waals surface area contributed by atoms with Crippen LogP contribution in [-0.4, -0.2) is 73.7 Å². The van der Waals surface area contributed by atoms with Crippen molar-refractivity contribution in [3.63, 3.8) is 0 Å². The molecule has 0 unspecified atom stereocenters. The molecule has 0 atom stereocenters. The van der Waals surface area contributed by atoms with Gasteiger partial charge in [-0.15, -0.1) is 0 Å². The average Bonchev–Trinajstić information content (AvgIpc) is 2.51. The Balaban J connectivity index is 1.94. The van der Waals surface area contributed by atoms with Crippen molar-refractivity contribution >= 4 is 15.9 Å². The fourth-order valence-corrected chi connectivity index (χ4v) is 2.98. The molecule has 0 saturated carbocycles. The highest BCUT2D eigenvalue weighted by Gasteiger charge is 2.29. The first-order valence-electron chi connectivity index (χ1n) is 6.96. The van der Waals surface area contributed by atoms with Crippen molar-refractivity contribution in [1.29, 1.82) is 0 Å². The summed E-state index contributed by atoms with van der Waals surface area (Å²) in [6.45, 7) is -0.591. The Morgan fingerprint density at radius 1 is 1.25 bits per heavy atom. The van der Waals surface area contributed by atoms with Gasteiger partial charge in [-0.2, -0.15) is 17.5 Å². The van der Waals surface area contributed by atoms with Crippen molar-refractivity contribution < 1.29 is 31.1 Å². The predicted octanol–water partition coefficient (Wildman–Crippen LogP) is 0.740. The Bertz CT molecular complexity index is 683. The molecule has 0 bridgehead atoms. The quantitative estimate of drug-likeness (QED) is 0.784. The van der Waals surface area contributed by atoms with Crippen molar-refractivity contribution in [2.45, 2.75) is 6.18 Å². The summed E-state index contributed by atoms with van der Waals surface area (Å²) in [5.74, 6) is -0.594. The Kier molecular flexibility index (Phi) is 5.33. The number of piperazine rings is 1.